The number of nitrogens with zero attached hydrogens (tertiary/aromatic N) is 4. The van der Waals surface area contributed by atoms with E-state index in [9.17, 15) is 0 Å². The Hall–Kier alpha value is -5.14. The van der Waals surface area contributed by atoms with Gasteiger partial charge in [-0.3, -0.25) is 20.1 Å². The fourth-order valence-corrected chi connectivity index (χ4v) is 4.99. The van der Waals surface area contributed by atoms with Crippen LogP contribution in [0.5, 0.6) is 0 Å². The maximum Gasteiger partial charge on any atom is 0.116 e. The summed E-state index contributed by atoms with van der Waals surface area (Å²) in [5.41, 5.74) is 10.2. The van der Waals surface area contributed by atoms with Gasteiger partial charge in [-0.25, -0.2) is 0 Å². The van der Waals surface area contributed by atoms with Crippen LogP contribution in [0.2, 0.25) is 0 Å². The van der Waals surface area contributed by atoms with Crippen LogP contribution < -0.4 is 5.32 Å². The highest BCUT2D eigenvalue weighted by atomic mass is 15.1. The highest BCUT2D eigenvalue weighted by molar-refractivity contribution is 6.01. The second-order valence-electron chi connectivity index (χ2n) is 9.55. The zero-order chi connectivity index (χ0) is 26.0. The van der Waals surface area contributed by atoms with Crippen molar-refractivity contribution in [2.75, 3.05) is 0 Å². The van der Waals surface area contributed by atoms with Gasteiger partial charge < -0.3 is 10.3 Å². The first-order valence-electron chi connectivity index (χ1n) is 12.9. The van der Waals surface area contributed by atoms with Crippen molar-refractivity contribution < 1.29 is 0 Å². The Bertz CT molecular complexity index is 1890. The monoisotopic (exact) mass is 507 g/mol. The third-order valence-electron chi connectivity index (χ3n) is 6.93. The second-order valence-corrected chi connectivity index (χ2v) is 9.55. The van der Waals surface area contributed by atoms with Gasteiger partial charge in [-0.05, 0) is 53.1 Å². The number of nitrogens with one attached hydrogen (secondary N) is 3. The van der Waals surface area contributed by atoms with E-state index in [0.717, 1.165) is 74.2 Å². The molecule has 0 aliphatic rings. The fraction of sp³-hybridized carbons (Fsp3) is 0.0625. The van der Waals surface area contributed by atoms with Gasteiger partial charge in [-0.15, -0.1) is 0 Å². The van der Waals surface area contributed by atoms with Crippen molar-refractivity contribution in [2.24, 2.45) is 0 Å². The number of pyridine rings is 3. The Labute approximate surface area is 225 Å². The van der Waals surface area contributed by atoms with Gasteiger partial charge in [0, 0.05) is 59.8 Å². The molecule has 5 aromatic heterocycles. The molecule has 39 heavy (non-hydrogen) atoms. The number of fused-ring (bicyclic) bond motifs is 2. The number of hydrogen-bond acceptors (Lipinski definition) is 5. The molecule has 0 amide bonds. The van der Waals surface area contributed by atoms with Crippen LogP contribution >= 0.6 is 0 Å². The van der Waals surface area contributed by atoms with E-state index in [4.69, 9.17) is 0 Å². The third-order valence-corrected chi connectivity index (χ3v) is 6.93. The first-order chi connectivity index (χ1) is 19.3. The molecular weight excluding hydrogens is 482 g/mol. The van der Waals surface area contributed by atoms with Gasteiger partial charge in [-0.2, -0.15) is 5.10 Å². The van der Waals surface area contributed by atoms with Crippen LogP contribution in [0, 0.1) is 0 Å². The van der Waals surface area contributed by atoms with Gasteiger partial charge in [0.05, 0.1) is 28.6 Å². The molecule has 0 fully saturated rings. The molecule has 2 aromatic carbocycles. The van der Waals surface area contributed by atoms with E-state index in [1.807, 2.05) is 49.1 Å². The Morgan fingerprint density at radius 1 is 0.667 bits per heavy atom. The van der Waals surface area contributed by atoms with E-state index in [1.54, 1.807) is 6.20 Å². The van der Waals surface area contributed by atoms with Crippen molar-refractivity contribution in [1.82, 2.24) is 35.5 Å². The van der Waals surface area contributed by atoms with Crippen LogP contribution in [0.15, 0.2) is 110 Å². The minimum absolute atomic E-state index is 0.747. The molecule has 0 radical (unpaired) electrons. The van der Waals surface area contributed by atoms with Gasteiger partial charge in [0.2, 0.25) is 0 Å². The van der Waals surface area contributed by atoms with Crippen LogP contribution in [0.4, 0.5) is 0 Å². The largest absolute Gasteiger partial charge is 0.352 e. The summed E-state index contributed by atoms with van der Waals surface area (Å²) < 4.78 is 0. The molecule has 0 saturated heterocycles. The molecule has 0 bridgehead atoms. The maximum absolute atomic E-state index is 4.67. The SMILES string of the molecule is c1ccc(CNCc2cncc(-c3ccc4[nH]nc(-c5cc6c(-c7ccccn7)cncc6[nH]5)c4c3)c2)cc1. The zero-order valence-electron chi connectivity index (χ0n) is 21.1. The number of aromatic amines is 2. The summed E-state index contributed by atoms with van der Waals surface area (Å²) in [6.07, 6.45) is 9.33. The number of hydrogen-bond donors (Lipinski definition) is 3. The van der Waals surface area contributed by atoms with Gasteiger partial charge in [0.15, 0.2) is 0 Å². The Morgan fingerprint density at radius 2 is 1.54 bits per heavy atom. The zero-order valence-corrected chi connectivity index (χ0v) is 21.1. The molecule has 7 aromatic rings. The van der Waals surface area contributed by atoms with Gasteiger partial charge >= 0.3 is 0 Å². The first-order valence-corrected chi connectivity index (χ1v) is 12.9. The van der Waals surface area contributed by atoms with Gasteiger partial charge in [0.25, 0.3) is 0 Å². The number of H-pyrrole nitrogens is 2. The molecular formula is C32H25N7. The summed E-state index contributed by atoms with van der Waals surface area (Å²) in [6.45, 7) is 1.56. The van der Waals surface area contributed by atoms with Gasteiger partial charge in [-0.1, -0.05) is 42.5 Å². The van der Waals surface area contributed by atoms with E-state index >= 15 is 0 Å². The average Bonchev–Trinajstić information content (AvgIpc) is 3.62. The third kappa shape index (κ3) is 4.56. The molecule has 0 saturated carbocycles. The van der Waals surface area contributed by atoms with Crippen LogP contribution in [-0.2, 0) is 13.1 Å². The van der Waals surface area contributed by atoms with E-state index in [0.29, 0.717) is 0 Å². The van der Waals surface area contributed by atoms with E-state index in [1.165, 1.54) is 5.56 Å². The quantitative estimate of drug-likeness (QED) is 0.228. The minimum atomic E-state index is 0.747. The predicted octanol–water partition coefficient (Wildman–Crippen LogP) is 6.52. The van der Waals surface area contributed by atoms with Crippen molar-refractivity contribution in [3.8, 4) is 33.8 Å². The number of benzene rings is 2. The fourth-order valence-electron chi connectivity index (χ4n) is 4.99. The molecule has 5 heterocycles. The van der Waals surface area contributed by atoms with Crippen molar-refractivity contribution in [2.45, 2.75) is 13.1 Å². The van der Waals surface area contributed by atoms with Crippen LogP contribution in [-0.4, -0.2) is 30.1 Å². The summed E-state index contributed by atoms with van der Waals surface area (Å²) >= 11 is 0. The molecule has 0 spiro atoms. The summed E-state index contributed by atoms with van der Waals surface area (Å²) in [7, 11) is 0. The van der Waals surface area contributed by atoms with E-state index in [2.05, 4.69) is 90.0 Å². The summed E-state index contributed by atoms with van der Waals surface area (Å²) in [5, 5.41) is 13.5. The molecule has 0 aliphatic carbocycles. The number of rotatable bonds is 7. The minimum Gasteiger partial charge on any atom is -0.352 e. The highest BCUT2D eigenvalue weighted by Gasteiger charge is 2.15. The Morgan fingerprint density at radius 3 is 2.44 bits per heavy atom. The topological polar surface area (TPSA) is 95.2 Å². The molecule has 0 atom stereocenters. The lowest BCUT2D eigenvalue weighted by Crippen LogP contribution is -2.12. The smallest absolute Gasteiger partial charge is 0.116 e. The molecule has 188 valence electrons. The van der Waals surface area contributed by atoms with Crippen molar-refractivity contribution >= 4 is 21.8 Å². The summed E-state index contributed by atoms with van der Waals surface area (Å²) in [5.74, 6) is 0. The summed E-state index contributed by atoms with van der Waals surface area (Å²) in [6, 6.07) is 27.0. The standard InChI is InChI=1S/C32H25N7/c1-2-6-21(7-3-1)15-33-16-22-12-24(18-34-17-22)23-9-10-29-26(13-23)32(39-38-29)30-14-25-27(19-35-20-31(25)37-30)28-8-4-5-11-36-28/h1-14,17-20,33,37H,15-16H2,(H,38,39). The van der Waals surface area contributed by atoms with E-state index in [-0.39, 0.29) is 0 Å². The molecule has 0 aliphatic heterocycles. The Kier molecular flexibility index (Phi) is 5.88. The Balaban J connectivity index is 1.20. The second kappa shape index (κ2) is 9.96. The van der Waals surface area contributed by atoms with Gasteiger partial charge in [0.1, 0.15) is 5.69 Å². The van der Waals surface area contributed by atoms with Crippen LogP contribution in [0.25, 0.3) is 55.6 Å². The van der Waals surface area contributed by atoms with E-state index < -0.39 is 0 Å². The lowest BCUT2D eigenvalue weighted by Gasteiger charge is -2.08. The normalized spacial score (nSPS) is 11.4. The van der Waals surface area contributed by atoms with Crippen molar-refractivity contribution in [1.29, 1.82) is 0 Å². The average molecular weight is 508 g/mol. The molecule has 3 N–H and O–H groups in total. The predicted molar refractivity (Wildman–Crippen MR) is 155 cm³/mol. The molecule has 7 heteroatoms. The van der Waals surface area contributed by atoms with Crippen molar-refractivity contribution in [3.05, 3.63) is 121 Å². The first kappa shape index (κ1) is 23.0. The lowest BCUT2D eigenvalue weighted by molar-refractivity contribution is 0.691. The molecule has 0 unspecified atom stereocenters. The number of aromatic nitrogens is 6. The summed E-state index contributed by atoms with van der Waals surface area (Å²) in [4.78, 5) is 17.0. The lowest BCUT2D eigenvalue weighted by atomic mass is 10.0. The molecule has 7 rings (SSSR count). The van der Waals surface area contributed by atoms with Crippen LogP contribution in [0.3, 0.4) is 0 Å². The molecule has 7 nitrogen and oxygen atoms in total. The van der Waals surface area contributed by atoms with Crippen molar-refractivity contribution in [3.63, 3.8) is 0 Å². The maximum atomic E-state index is 4.67. The van der Waals surface area contributed by atoms with Crippen LogP contribution in [0.1, 0.15) is 11.1 Å². The highest BCUT2D eigenvalue weighted by Crippen LogP contribution is 2.34.